The number of aromatic nitrogens is 3. The number of benzene rings is 1. The molecule has 1 N–H and O–H groups in total. The molecule has 26 heavy (non-hydrogen) atoms. The van der Waals surface area contributed by atoms with Gasteiger partial charge in [0.15, 0.2) is 0 Å². The van der Waals surface area contributed by atoms with Gasteiger partial charge in [0.25, 0.3) is 10.2 Å². The summed E-state index contributed by atoms with van der Waals surface area (Å²) in [6, 6.07) is 8.00. The number of aryl methyl sites for hydroxylation is 1. The number of fused-ring (bicyclic) bond motifs is 1. The second kappa shape index (κ2) is 7.14. The molecule has 0 amide bonds. The summed E-state index contributed by atoms with van der Waals surface area (Å²) in [5.74, 6) is -0.178. The highest BCUT2D eigenvalue weighted by Gasteiger charge is 2.42. The quantitative estimate of drug-likeness (QED) is 0.788. The van der Waals surface area contributed by atoms with Crippen LogP contribution in [0.2, 0.25) is 0 Å². The molecule has 1 aromatic carbocycles. The van der Waals surface area contributed by atoms with E-state index < -0.39 is 22.2 Å². The van der Waals surface area contributed by atoms with Crippen molar-refractivity contribution in [3.63, 3.8) is 0 Å². The van der Waals surface area contributed by atoms with E-state index in [9.17, 15) is 18.3 Å². The third kappa shape index (κ3) is 3.35. The van der Waals surface area contributed by atoms with Crippen LogP contribution in [0.1, 0.15) is 24.1 Å². The summed E-state index contributed by atoms with van der Waals surface area (Å²) in [6.07, 6.45) is 0. The van der Waals surface area contributed by atoms with E-state index in [1.807, 2.05) is 30.3 Å². The lowest BCUT2D eigenvalue weighted by molar-refractivity contribution is -0.142. The normalized spacial score (nSPS) is 18.0. The first-order valence-electron chi connectivity index (χ1n) is 8.27. The number of hydrogen-bond donors (Lipinski definition) is 1. The molecule has 0 radical (unpaired) electrons. The van der Waals surface area contributed by atoms with Gasteiger partial charge in [0.1, 0.15) is 17.7 Å². The minimum absolute atomic E-state index is 0.00831. The number of carboxylic acid groups (broad SMARTS) is 1. The van der Waals surface area contributed by atoms with Crippen LogP contribution in [0.15, 0.2) is 30.3 Å². The minimum Gasteiger partial charge on any atom is -0.480 e. The minimum atomic E-state index is -4.00. The summed E-state index contributed by atoms with van der Waals surface area (Å²) in [5.41, 5.74) is 0.834. The molecule has 3 rings (SSSR count). The van der Waals surface area contributed by atoms with E-state index in [0.717, 1.165) is 9.87 Å². The van der Waals surface area contributed by atoms with Crippen molar-refractivity contribution in [3.05, 3.63) is 47.5 Å². The third-order valence-corrected chi connectivity index (χ3v) is 6.49. The number of carboxylic acids is 1. The van der Waals surface area contributed by atoms with Gasteiger partial charge in [-0.15, -0.1) is 10.2 Å². The van der Waals surface area contributed by atoms with Crippen molar-refractivity contribution in [1.82, 2.24) is 23.4 Å². The van der Waals surface area contributed by atoms with Gasteiger partial charge in [-0.2, -0.15) is 17.0 Å². The lowest BCUT2D eigenvalue weighted by atomic mass is 10.2. The van der Waals surface area contributed by atoms with Crippen molar-refractivity contribution in [2.45, 2.75) is 39.5 Å². The second-order valence-electron chi connectivity index (χ2n) is 6.09. The molecule has 0 saturated carbocycles. The van der Waals surface area contributed by atoms with Crippen LogP contribution in [0.3, 0.4) is 0 Å². The number of hydrogen-bond acceptors (Lipinski definition) is 5. The average molecular weight is 379 g/mol. The second-order valence-corrected chi connectivity index (χ2v) is 7.97. The number of rotatable bonds is 6. The lowest BCUT2D eigenvalue weighted by Crippen LogP contribution is -2.54. The molecule has 0 fully saturated rings. The Hall–Kier alpha value is -2.30. The van der Waals surface area contributed by atoms with Crippen molar-refractivity contribution in [2.24, 2.45) is 0 Å². The van der Waals surface area contributed by atoms with Crippen LogP contribution in [0, 0.1) is 6.92 Å². The molecule has 0 aliphatic carbocycles. The van der Waals surface area contributed by atoms with Crippen molar-refractivity contribution >= 4 is 16.2 Å². The summed E-state index contributed by atoms with van der Waals surface area (Å²) in [7, 11) is -4.00. The van der Waals surface area contributed by atoms with E-state index >= 15 is 0 Å². The smallest absolute Gasteiger partial charge is 0.323 e. The van der Waals surface area contributed by atoms with E-state index in [1.54, 1.807) is 18.4 Å². The summed E-state index contributed by atoms with van der Waals surface area (Å²) in [4.78, 5) is 11.7. The van der Waals surface area contributed by atoms with Gasteiger partial charge < -0.3 is 9.67 Å². The Morgan fingerprint density at radius 1 is 1.31 bits per heavy atom. The maximum atomic E-state index is 13.2. The maximum absolute atomic E-state index is 13.2. The molecule has 1 aliphatic rings. The first kappa shape index (κ1) is 18.5. The van der Waals surface area contributed by atoms with Crippen LogP contribution in [0.25, 0.3) is 0 Å². The summed E-state index contributed by atoms with van der Waals surface area (Å²) in [6.45, 7) is 3.72. The molecular formula is C16H21N5O4S. The van der Waals surface area contributed by atoms with Crippen LogP contribution in [-0.2, 0) is 34.6 Å². The van der Waals surface area contributed by atoms with E-state index in [2.05, 4.69) is 10.2 Å². The molecule has 2 aromatic rings. The molecule has 0 saturated heterocycles. The van der Waals surface area contributed by atoms with Crippen molar-refractivity contribution in [3.8, 4) is 0 Å². The van der Waals surface area contributed by atoms with Crippen LogP contribution in [0.4, 0.5) is 0 Å². The Morgan fingerprint density at radius 2 is 2.00 bits per heavy atom. The number of nitrogens with zero attached hydrogens (tertiary/aromatic N) is 5. The largest absolute Gasteiger partial charge is 0.480 e. The molecule has 140 valence electrons. The Kier molecular flexibility index (Phi) is 5.08. The Labute approximate surface area is 152 Å². The fourth-order valence-electron chi connectivity index (χ4n) is 3.03. The molecule has 9 nitrogen and oxygen atoms in total. The van der Waals surface area contributed by atoms with Gasteiger partial charge in [0.2, 0.25) is 0 Å². The predicted octanol–water partition coefficient (Wildman–Crippen LogP) is 0.622. The SMILES string of the molecule is CCN(Cc1ccccc1)S(=O)(=O)N1Cc2nnc(C)n2CC1C(=O)O. The number of carbonyl (C=O) groups is 1. The van der Waals surface area contributed by atoms with Gasteiger partial charge in [-0.1, -0.05) is 37.3 Å². The molecule has 1 aromatic heterocycles. The fraction of sp³-hybridized carbons (Fsp3) is 0.438. The van der Waals surface area contributed by atoms with Crippen LogP contribution in [0.5, 0.6) is 0 Å². The van der Waals surface area contributed by atoms with Gasteiger partial charge >= 0.3 is 5.97 Å². The van der Waals surface area contributed by atoms with E-state index in [0.29, 0.717) is 11.6 Å². The molecule has 1 aliphatic heterocycles. The van der Waals surface area contributed by atoms with Crippen molar-refractivity contribution in [2.75, 3.05) is 6.54 Å². The van der Waals surface area contributed by atoms with Crippen molar-refractivity contribution in [1.29, 1.82) is 0 Å². The zero-order valence-corrected chi connectivity index (χ0v) is 15.4. The molecular weight excluding hydrogens is 358 g/mol. The molecule has 2 heterocycles. The van der Waals surface area contributed by atoms with E-state index in [4.69, 9.17) is 0 Å². The third-order valence-electron chi connectivity index (χ3n) is 4.47. The summed E-state index contributed by atoms with van der Waals surface area (Å²) < 4.78 is 30.3. The van der Waals surface area contributed by atoms with Crippen LogP contribution in [-0.4, -0.2) is 55.5 Å². The zero-order valence-electron chi connectivity index (χ0n) is 14.6. The van der Waals surface area contributed by atoms with Crippen molar-refractivity contribution < 1.29 is 18.3 Å². The summed E-state index contributed by atoms with van der Waals surface area (Å²) >= 11 is 0. The Bertz CT molecular complexity index is 897. The molecule has 1 unspecified atom stereocenters. The lowest BCUT2D eigenvalue weighted by Gasteiger charge is -2.35. The monoisotopic (exact) mass is 379 g/mol. The highest BCUT2D eigenvalue weighted by molar-refractivity contribution is 7.86. The molecule has 0 spiro atoms. The standard InChI is InChI=1S/C16H21N5O4S/c1-3-19(9-13-7-5-4-6-8-13)26(24,25)21-11-15-18-17-12(2)20(15)10-14(21)16(22)23/h4-8,14H,3,9-11H2,1-2H3,(H,22,23). The molecule has 10 heteroatoms. The van der Waals surface area contributed by atoms with Gasteiger partial charge in [0.05, 0.1) is 13.1 Å². The van der Waals surface area contributed by atoms with Gasteiger partial charge in [-0.05, 0) is 12.5 Å². The Morgan fingerprint density at radius 3 is 2.62 bits per heavy atom. The van der Waals surface area contributed by atoms with Crippen LogP contribution >= 0.6 is 0 Å². The first-order valence-corrected chi connectivity index (χ1v) is 9.66. The predicted molar refractivity (Wildman–Crippen MR) is 93.2 cm³/mol. The average Bonchev–Trinajstić information content (AvgIpc) is 2.99. The fourth-order valence-corrected chi connectivity index (χ4v) is 4.72. The van der Waals surface area contributed by atoms with E-state index in [-0.39, 0.29) is 26.2 Å². The molecule has 0 bridgehead atoms. The highest BCUT2D eigenvalue weighted by atomic mass is 32.2. The summed E-state index contributed by atoms with van der Waals surface area (Å²) in [5, 5.41) is 17.5. The zero-order chi connectivity index (χ0) is 18.9. The van der Waals surface area contributed by atoms with Gasteiger partial charge in [-0.3, -0.25) is 4.79 Å². The highest BCUT2D eigenvalue weighted by Crippen LogP contribution is 2.24. The van der Waals surface area contributed by atoms with E-state index in [1.165, 1.54) is 4.31 Å². The van der Waals surface area contributed by atoms with Gasteiger partial charge in [0, 0.05) is 13.1 Å². The first-order chi connectivity index (χ1) is 12.3. The van der Waals surface area contributed by atoms with Crippen LogP contribution < -0.4 is 0 Å². The number of aliphatic carboxylic acids is 1. The maximum Gasteiger partial charge on any atom is 0.323 e. The topological polar surface area (TPSA) is 109 Å². The van der Waals surface area contributed by atoms with Gasteiger partial charge in [-0.25, -0.2) is 0 Å². The Balaban J connectivity index is 1.94. The molecule has 1 atom stereocenters.